The van der Waals surface area contributed by atoms with Crippen molar-refractivity contribution in [3.05, 3.63) is 101 Å². The molecule has 168 valence electrons. The van der Waals surface area contributed by atoms with Gasteiger partial charge in [-0.05, 0) is 59.0 Å². The Morgan fingerprint density at radius 3 is 2.56 bits per heavy atom. The quantitative estimate of drug-likeness (QED) is 0.334. The van der Waals surface area contributed by atoms with E-state index in [9.17, 15) is 14.7 Å². The standard InChI is InChI=1S/C27H21N3O4/c1-34-24-13-10-18(14-23(24)31)15-28-29-26(32)20-11-8-17(9-12-20)16-30-22-7-3-5-19-4-2-6-21(25(19)22)27(30)33/h2-15,31H,16H2,1H3,(H,29,32). The number of carbonyl (C=O) groups is 2. The molecule has 0 aromatic heterocycles. The first-order valence-corrected chi connectivity index (χ1v) is 10.7. The van der Waals surface area contributed by atoms with E-state index in [0.29, 0.717) is 29.0 Å². The molecule has 0 fully saturated rings. The molecule has 7 nitrogen and oxygen atoms in total. The summed E-state index contributed by atoms with van der Waals surface area (Å²) >= 11 is 0. The maximum absolute atomic E-state index is 13.0. The largest absolute Gasteiger partial charge is 0.504 e. The lowest BCUT2D eigenvalue weighted by Crippen LogP contribution is -2.26. The van der Waals surface area contributed by atoms with Crippen LogP contribution in [-0.4, -0.2) is 30.2 Å². The number of amides is 2. The van der Waals surface area contributed by atoms with Gasteiger partial charge in [0.05, 0.1) is 25.6 Å². The number of phenols is 1. The number of hydrogen-bond donors (Lipinski definition) is 2. The van der Waals surface area contributed by atoms with E-state index >= 15 is 0 Å². The summed E-state index contributed by atoms with van der Waals surface area (Å²) in [5, 5.41) is 15.8. The highest BCUT2D eigenvalue weighted by Crippen LogP contribution is 2.38. The lowest BCUT2D eigenvalue weighted by atomic mass is 10.1. The lowest BCUT2D eigenvalue weighted by Gasteiger charge is -2.18. The highest BCUT2D eigenvalue weighted by atomic mass is 16.5. The number of rotatable bonds is 6. The normalized spacial score (nSPS) is 12.5. The molecule has 1 heterocycles. The summed E-state index contributed by atoms with van der Waals surface area (Å²) in [6.45, 7) is 0.410. The summed E-state index contributed by atoms with van der Waals surface area (Å²) in [7, 11) is 1.47. The molecule has 0 saturated carbocycles. The number of phenolic OH excluding ortho intramolecular Hbond substituents is 1. The second-order valence-corrected chi connectivity index (χ2v) is 7.90. The Labute approximate surface area is 195 Å². The van der Waals surface area contributed by atoms with Gasteiger partial charge in [-0.25, -0.2) is 5.43 Å². The molecule has 5 rings (SSSR count). The van der Waals surface area contributed by atoms with E-state index in [0.717, 1.165) is 22.0 Å². The first-order chi connectivity index (χ1) is 16.5. The van der Waals surface area contributed by atoms with Crippen molar-refractivity contribution in [2.75, 3.05) is 12.0 Å². The number of benzene rings is 4. The molecule has 1 aliphatic heterocycles. The van der Waals surface area contributed by atoms with Gasteiger partial charge in [0.25, 0.3) is 11.8 Å². The molecule has 0 bridgehead atoms. The van der Waals surface area contributed by atoms with Gasteiger partial charge in [0.15, 0.2) is 11.5 Å². The van der Waals surface area contributed by atoms with Gasteiger partial charge in [-0.2, -0.15) is 5.10 Å². The second kappa shape index (κ2) is 8.71. The van der Waals surface area contributed by atoms with E-state index in [2.05, 4.69) is 10.5 Å². The van der Waals surface area contributed by atoms with E-state index < -0.39 is 0 Å². The highest BCUT2D eigenvalue weighted by Gasteiger charge is 2.29. The van der Waals surface area contributed by atoms with Crippen LogP contribution in [0.4, 0.5) is 5.69 Å². The van der Waals surface area contributed by atoms with Gasteiger partial charge in [-0.3, -0.25) is 9.59 Å². The van der Waals surface area contributed by atoms with Gasteiger partial charge in [0.1, 0.15) is 0 Å². The van der Waals surface area contributed by atoms with Crippen molar-refractivity contribution < 1.29 is 19.4 Å². The number of hydrogen-bond acceptors (Lipinski definition) is 5. The van der Waals surface area contributed by atoms with Crippen molar-refractivity contribution in [3.63, 3.8) is 0 Å². The molecule has 1 aliphatic rings. The molecule has 2 amide bonds. The minimum absolute atomic E-state index is 0.0100. The van der Waals surface area contributed by atoms with E-state index in [-0.39, 0.29) is 17.6 Å². The Balaban J connectivity index is 1.25. The van der Waals surface area contributed by atoms with E-state index in [1.807, 2.05) is 48.5 Å². The number of nitrogens with zero attached hydrogens (tertiary/aromatic N) is 2. The molecule has 0 atom stereocenters. The Bertz CT molecular complexity index is 1440. The molecule has 0 radical (unpaired) electrons. The first kappa shape index (κ1) is 21.2. The van der Waals surface area contributed by atoms with Crippen molar-refractivity contribution in [1.29, 1.82) is 0 Å². The molecule has 34 heavy (non-hydrogen) atoms. The number of carbonyl (C=O) groups excluding carboxylic acids is 2. The number of hydrazone groups is 1. The van der Waals surface area contributed by atoms with E-state index in [4.69, 9.17) is 4.74 Å². The number of nitrogens with one attached hydrogen (secondary N) is 1. The molecule has 0 spiro atoms. The summed E-state index contributed by atoms with van der Waals surface area (Å²) < 4.78 is 5.00. The van der Waals surface area contributed by atoms with Crippen LogP contribution < -0.4 is 15.1 Å². The van der Waals surface area contributed by atoms with Crippen LogP contribution in [0.3, 0.4) is 0 Å². The molecule has 2 N–H and O–H groups in total. The van der Waals surface area contributed by atoms with Crippen LogP contribution in [-0.2, 0) is 6.54 Å². The van der Waals surface area contributed by atoms with Gasteiger partial charge >= 0.3 is 0 Å². The summed E-state index contributed by atoms with van der Waals surface area (Å²) in [6, 6.07) is 23.6. The van der Waals surface area contributed by atoms with Crippen molar-refractivity contribution in [2.24, 2.45) is 5.10 Å². The molecule has 0 saturated heterocycles. The summed E-state index contributed by atoms with van der Waals surface area (Å²) in [5.41, 5.74) is 6.05. The number of methoxy groups -OCH3 is 1. The Hall–Kier alpha value is -4.65. The molecule has 0 aliphatic carbocycles. The first-order valence-electron chi connectivity index (χ1n) is 10.7. The van der Waals surface area contributed by atoms with Gasteiger partial charge in [-0.1, -0.05) is 36.4 Å². The molecule has 7 heteroatoms. The maximum atomic E-state index is 13.0. The van der Waals surface area contributed by atoms with Crippen molar-refractivity contribution in [2.45, 2.75) is 6.54 Å². The smallest absolute Gasteiger partial charge is 0.271 e. The summed E-state index contributed by atoms with van der Waals surface area (Å²) in [5.74, 6) is -0.0378. The van der Waals surface area contributed by atoms with Crippen molar-refractivity contribution in [3.8, 4) is 11.5 Å². The van der Waals surface area contributed by atoms with Crippen LogP contribution >= 0.6 is 0 Å². The fraction of sp³-hybridized carbons (Fsp3) is 0.0741. The fourth-order valence-corrected chi connectivity index (χ4v) is 4.10. The van der Waals surface area contributed by atoms with Gasteiger partial charge < -0.3 is 14.7 Å². The van der Waals surface area contributed by atoms with Gasteiger partial charge in [-0.15, -0.1) is 0 Å². The molecule has 0 unspecified atom stereocenters. The molecule has 4 aromatic rings. The number of aromatic hydroxyl groups is 1. The van der Waals surface area contributed by atoms with Crippen LogP contribution in [0, 0.1) is 0 Å². The van der Waals surface area contributed by atoms with Gasteiger partial charge in [0.2, 0.25) is 0 Å². The lowest BCUT2D eigenvalue weighted by molar-refractivity contribution is 0.0953. The third kappa shape index (κ3) is 3.84. The zero-order valence-corrected chi connectivity index (χ0v) is 18.4. The minimum atomic E-state index is -0.366. The predicted molar refractivity (Wildman–Crippen MR) is 131 cm³/mol. The predicted octanol–water partition coefficient (Wildman–Crippen LogP) is 4.48. The van der Waals surface area contributed by atoms with E-state index in [1.165, 1.54) is 19.4 Å². The van der Waals surface area contributed by atoms with Crippen LogP contribution in [0.5, 0.6) is 11.5 Å². The fourth-order valence-electron chi connectivity index (χ4n) is 4.10. The minimum Gasteiger partial charge on any atom is -0.504 e. The number of anilines is 1. The van der Waals surface area contributed by atoms with E-state index in [1.54, 1.807) is 29.2 Å². The van der Waals surface area contributed by atoms with Crippen molar-refractivity contribution >= 4 is 34.5 Å². The van der Waals surface area contributed by atoms with Crippen LogP contribution in [0.2, 0.25) is 0 Å². The third-order valence-corrected chi connectivity index (χ3v) is 5.79. The zero-order chi connectivity index (χ0) is 23.7. The van der Waals surface area contributed by atoms with Crippen LogP contribution in [0.1, 0.15) is 31.8 Å². The third-order valence-electron chi connectivity index (χ3n) is 5.79. The monoisotopic (exact) mass is 451 g/mol. The summed E-state index contributed by atoms with van der Waals surface area (Å²) in [4.78, 5) is 27.2. The highest BCUT2D eigenvalue weighted by molar-refractivity contribution is 6.24. The van der Waals surface area contributed by atoms with Crippen LogP contribution in [0.25, 0.3) is 10.8 Å². The topological polar surface area (TPSA) is 91.2 Å². The Morgan fingerprint density at radius 1 is 1.06 bits per heavy atom. The Morgan fingerprint density at radius 2 is 1.82 bits per heavy atom. The zero-order valence-electron chi connectivity index (χ0n) is 18.4. The number of ether oxygens (including phenoxy) is 1. The molecule has 4 aromatic carbocycles. The average Bonchev–Trinajstić information content (AvgIpc) is 3.12. The average molecular weight is 451 g/mol. The molecular formula is C27H21N3O4. The molecular weight excluding hydrogens is 430 g/mol. The second-order valence-electron chi connectivity index (χ2n) is 7.90. The maximum Gasteiger partial charge on any atom is 0.271 e. The van der Waals surface area contributed by atoms with Gasteiger partial charge in [0, 0.05) is 16.5 Å². The Kier molecular flexibility index (Phi) is 5.43. The van der Waals surface area contributed by atoms with Crippen LogP contribution in [0.15, 0.2) is 84.0 Å². The SMILES string of the molecule is COc1ccc(C=NNC(=O)c2ccc(CN3C(=O)c4cccc5cccc3c45)cc2)cc1O. The summed E-state index contributed by atoms with van der Waals surface area (Å²) in [6.07, 6.45) is 1.43. The van der Waals surface area contributed by atoms with Crippen molar-refractivity contribution in [1.82, 2.24) is 5.43 Å².